The molecule has 2 aliphatic rings. The van der Waals surface area contributed by atoms with Gasteiger partial charge in [0, 0.05) is 6.54 Å². The van der Waals surface area contributed by atoms with Gasteiger partial charge in [-0.15, -0.1) is 0 Å². The number of ether oxygens (including phenoxy) is 3. The Bertz CT molecular complexity index is 969. The lowest BCUT2D eigenvalue weighted by molar-refractivity contribution is -0.143. The number of halogens is 3. The lowest BCUT2D eigenvalue weighted by atomic mass is 9.95. The van der Waals surface area contributed by atoms with Crippen molar-refractivity contribution in [2.24, 2.45) is 0 Å². The lowest BCUT2D eigenvalue weighted by Gasteiger charge is -2.29. The SMILES string of the molecule is COC(=O)COc1ccc(O[C@@H]2CCc3c2ccc(C(F)(F)F)c3CN2CCCCC2)cc1. The fraction of sp³-hybridized carbons (Fsp3) is 0.480. The number of nitrogens with zero attached hydrogens (tertiary/aromatic N) is 1. The molecule has 178 valence electrons. The number of esters is 1. The van der Waals surface area contributed by atoms with Gasteiger partial charge < -0.3 is 14.2 Å². The number of likely N-dealkylation sites (tertiary alicyclic amines) is 1. The zero-order chi connectivity index (χ0) is 23.4. The van der Waals surface area contributed by atoms with Crippen LogP contribution in [0.3, 0.4) is 0 Å². The number of hydrogen-bond acceptors (Lipinski definition) is 5. The Kier molecular flexibility index (Phi) is 7.12. The van der Waals surface area contributed by atoms with E-state index >= 15 is 0 Å². The van der Waals surface area contributed by atoms with Crippen molar-refractivity contribution in [2.75, 3.05) is 26.8 Å². The standard InChI is InChI=1S/C25H28F3NO4/c1-31-24(30)16-32-17-5-7-18(8-6-17)33-23-12-10-19-20(23)9-11-22(25(26,27)28)21(19)15-29-13-3-2-4-14-29/h5-9,11,23H,2-4,10,12-16H2,1H3/t23-/m1/s1. The number of fused-ring (bicyclic) bond motifs is 1. The number of rotatable bonds is 7. The summed E-state index contributed by atoms with van der Waals surface area (Å²) in [6, 6.07) is 9.60. The van der Waals surface area contributed by atoms with E-state index in [-0.39, 0.29) is 12.7 Å². The van der Waals surface area contributed by atoms with E-state index in [0.717, 1.165) is 43.5 Å². The molecule has 33 heavy (non-hydrogen) atoms. The fourth-order valence-electron chi connectivity index (χ4n) is 4.63. The quantitative estimate of drug-likeness (QED) is 0.521. The zero-order valence-electron chi connectivity index (χ0n) is 18.6. The summed E-state index contributed by atoms with van der Waals surface area (Å²) < 4.78 is 57.4. The van der Waals surface area contributed by atoms with Crippen LogP contribution in [-0.4, -0.2) is 37.7 Å². The second-order valence-electron chi connectivity index (χ2n) is 8.48. The molecule has 8 heteroatoms. The minimum Gasteiger partial charge on any atom is -0.486 e. The predicted molar refractivity (Wildman–Crippen MR) is 116 cm³/mol. The Hall–Kier alpha value is -2.74. The molecular formula is C25H28F3NO4. The van der Waals surface area contributed by atoms with Crippen molar-refractivity contribution < 1.29 is 32.2 Å². The van der Waals surface area contributed by atoms with Crippen molar-refractivity contribution in [3.05, 3.63) is 58.7 Å². The maximum atomic E-state index is 13.8. The lowest BCUT2D eigenvalue weighted by Crippen LogP contribution is -2.30. The molecule has 1 atom stereocenters. The van der Waals surface area contributed by atoms with Crippen molar-refractivity contribution in [3.8, 4) is 11.5 Å². The van der Waals surface area contributed by atoms with Gasteiger partial charge in [-0.3, -0.25) is 4.90 Å². The maximum absolute atomic E-state index is 13.8. The van der Waals surface area contributed by atoms with Gasteiger partial charge in [-0.2, -0.15) is 13.2 Å². The first kappa shape index (κ1) is 23.4. The third-order valence-electron chi connectivity index (χ3n) is 6.29. The van der Waals surface area contributed by atoms with Gasteiger partial charge in [0.15, 0.2) is 6.61 Å². The van der Waals surface area contributed by atoms with Crippen LogP contribution >= 0.6 is 0 Å². The minimum atomic E-state index is -4.38. The summed E-state index contributed by atoms with van der Waals surface area (Å²) in [7, 11) is 1.29. The van der Waals surface area contributed by atoms with E-state index in [9.17, 15) is 18.0 Å². The van der Waals surface area contributed by atoms with E-state index in [1.54, 1.807) is 30.3 Å². The van der Waals surface area contributed by atoms with Gasteiger partial charge >= 0.3 is 12.1 Å². The van der Waals surface area contributed by atoms with Gasteiger partial charge in [0.1, 0.15) is 17.6 Å². The number of alkyl halides is 3. The average Bonchev–Trinajstić information content (AvgIpc) is 3.21. The molecule has 0 bridgehead atoms. The highest BCUT2D eigenvalue weighted by Gasteiger charge is 2.38. The molecule has 1 fully saturated rings. The second-order valence-corrected chi connectivity index (χ2v) is 8.48. The van der Waals surface area contributed by atoms with Gasteiger partial charge in [0.05, 0.1) is 12.7 Å². The summed E-state index contributed by atoms with van der Waals surface area (Å²) in [6.07, 6.45) is -0.290. The van der Waals surface area contributed by atoms with Gasteiger partial charge in [0.25, 0.3) is 0 Å². The van der Waals surface area contributed by atoms with Crippen molar-refractivity contribution in [1.82, 2.24) is 4.90 Å². The molecule has 0 amide bonds. The van der Waals surface area contributed by atoms with Crippen LogP contribution in [0.5, 0.6) is 11.5 Å². The van der Waals surface area contributed by atoms with Crippen LogP contribution in [0.15, 0.2) is 36.4 Å². The molecule has 1 aliphatic heterocycles. The Morgan fingerprint density at radius 1 is 1.03 bits per heavy atom. The maximum Gasteiger partial charge on any atom is 0.416 e. The molecule has 1 aliphatic carbocycles. The number of carbonyl (C=O) groups is 1. The third-order valence-corrected chi connectivity index (χ3v) is 6.29. The van der Waals surface area contributed by atoms with Crippen molar-refractivity contribution in [2.45, 2.75) is 50.9 Å². The smallest absolute Gasteiger partial charge is 0.416 e. The predicted octanol–water partition coefficient (Wildman–Crippen LogP) is 5.31. The Morgan fingerprint density at radius 2 is 1.73 bits per heavy atom. The number of carbonyl (C=O) groups excluding carboxylic acids is 1. The number of methoxy groups -OCH3 is 1. The molecule has 0 saturated carbocycles. The molecule has 0 spiro atoms. The van der Waals surface area contributed by atoms with Crippen LogP contribution in [0.4, 0.5) is 13.2 Å². The highest BCUT2D eigenvalue weighted by Crippen LogP contribution is 2.42. The first-order chi connectivity index (χ1) is 15.8. The van der Waals surface area contributed by atoms with Crippen LogP contribution in [0.2, 0.25) is 0 Å². The highest BCUT2D eigenvalue weighted by atomic mass is 19.4. The summed E-state index contributed by atoms with van der Waals surface area (Å²) in [6.45, 7) is 1.82. The van der Waals surface area contributed by atoms with E-state index in [2.05, 4.69) is 9.64 Å². The fourth-order valence-corrected chi connectivity index (χ4v) is 4.63. The molecule has 0 N–H and O–H groups in total. The Morgan fingerprint density at radius 3 is 2.39 bits per heavy atom. The monoisotopic (exact) mass is 463 g/mol. The Labute approximate surface area is 191 Å². The van der Waals surface area contributed by atoms with E-state index in [0.29, 0.717) is 36.4 Å². The Balaban J connectivity index is 1.51. The summed E-state index contributed by atoms with van der Waals surface area (Å²) in [4.78, 5) is 13.3. The van der Waals surface area contributed by atoms with E-state index in [1.807, 2.05) is 0 Å². The summed E-state index contributed by atoms with van der Waals surface area (Å²) in [5, 5.41) is 0. The summed E-state index contributed by atoms with van der Waals surface area (Å²) in [5.74, 6) is 0.616. The van der Waals surface area contributed by atoms with Crippen molar-refractivity contribution >= 4 is 5.97 Å². The highest BCUT2D eigenvalue weighted by molar-refractivity contribution is 5.70. The largest absolute Gasteiger partial charge is 0.486 e. The molecule has 1 saturated heterocycles. The van der Waals surface area contributed by atoms with Gasteiger partial charge in [-0.1, -0.05) is 12.5 Å². The summed E-state index contributed by atoms with van der Waals surface area (Å²) >= 11 is 0. The number of benzene rings is 2. The van der Waals surface area contributed by atoms with Crippen LogP contribution < -0.4 is 9.47 Å². The molecule has 0 aromatic heterocycles. The molecular weight excluding hydrogens is 435 g/mol. The number of piperidine rings is 1. The normalized spacial score (nSPS) is 18.6. The van der Waals surface area contributed by atoms with Gasteiger partial charge in [-0.25, -0.2) is 4.79 Å². The minimum absolute atomic E-state index is 0.186. The van der Waals surface area contributed by atoms with E-state index in [4.69, 9.17) is 9.47 Å². The molecule has 5 nitrogen and oxygen atoms in total. The molecule has 1 heterocycles. The van der Waals surface area contributed by atoms with Crippen LogP contribution in [0.25, 0.3) is 0 Å². The van der Waals surface area contributed by atoms with Crippen molar-refractivity contribution in [3.63, 3.8) is 0 Å². The zero-order valence-corrected chi connectivity index (χ0v) is 18.6. The third kappa shape index (κ3) is 5.61. The van der Waals surface area contributed by atoms with Crippen LogP contribution in [0, 0.1) is 0 Å². The number of hydrogen-bond donors (Lipinski definition) is 0. The van der Waals surface area contributed by atoms with Crippen molar-refractivity contribution in [1.29, 1.82) is 0 Å². The van der Waals surface area contributed by atoms with Gasteiger partial charge in [0.2, 0.25) is 0 Å². The molecule has 0 unspecified atom stereocenters. The summed E-state index contributed by atoms with van der Waals surface area (Å²) in [5.41, 5.74) is 1.48. The topological polar surface area (TPSA) is 48.0 Å². The molecule has 4 rings (SSSR count). The molecule has 0 radical (unpaired) electrons. The average molecular weight is 463 g/mol. The van der Waals surface area contributed by atoms with Gasteiger partial charge in [-0.05, 0) is 85.8 Å². The van der Waals surface area contributed by atoms with E-state index < -0.39 is 17.7 Å². The van der Waals surface area contributed by atoms with E-state index in [1.165, 1.54) is 13.2 Å². The molecule has 2 aromatic rings. The second kappa shape index (κ2) is 10.0. The molecule has 2 aromatic carbocycles. The first-order valence-corrected chi connectivity index (χ1v) is 11.3. The van der Waals surface area contributed by atoms with Crippen LogP contribution in [-0.2, 0) is 28.7 Å². The first-order valence-electron chi connectivity index (χ1n) is 11.3. The van der Waals surface area contributed by atoms with Crippen LogP contribution in [0.1, 0.15) is 54.0 Å².